The van der Waals surface area contributed by atoms with Crippen LogP contribution in [0.1, 0.15) is 25.2 Å². The third-order valence-corrected chi connectivity index (χ3v) is 3.38. The fourth-order valence-corrected chi connectivity index (χ4v) is 2.37. The minimum Gasteiger partial charge on any atom is -0.369 e. The zero-order valence-electron chi connectivity index (χ0n) is 12.2. The molecule has 0 bridgehead atoms. The Morgan fingerprint density at radius 2 is 1.71 bits per heavy atom. The second-order valence-electron chi connectivity index (χ2n) is 4.51. The van der Waals surface area contributed by atoms with Crippen LogP contribution >= 0.6 is 0 Å². The van der Waals surface area contributed by atoms with Gasteiger partial charge in [-0.3, -0.25) is 0 Å². The van der Waals surface area contributed by atoms with E-state index < -0.39 is 0 Å². The maximum Gasteiger partial charge on any atom is 0.165 e. The van der Waals surface area contributed by atoms with Crippen LogP contribution in [0.15, 0.2) is 36.4 Å². The van der Waals surface area contributed by atoms with Gasteiger partial charge in [-0.15, -0.1) is 0 Å². The van der Waals surface area contributed by atoms with Gasteiger partial charge in [0, 0.05) is 18.7 Å². The maximum atomic E-state index is 9.40. The molecule has 4 heteroatoms. The molecular weight excluding hydrogens is 260 g/mol. The summed E-state index contributed by atoms with van der Waals surface area (Å²) in [4.78, 5) is 6.24. The van der Waals surface area contributed by atoms with Gasteiger partial charge in [-0.1, -0.05) is 30.3 Å². The van der Waals surface area contributed by atoms with Crippen molar-refractivity contribution in [3.63, 3.8) is 0 Å². The van der Waals surface area contributed by atoms with Crippen molar-refractivity contribution < 1.29 is 0 Å². The summed E-state index contributed by atoms with van der Waals surface area (Å²) in [6.45, 7) is 5.63. The van der Waals surface area contributed by atoms with Gasteiger partial charge in [0.05, 0.1) is 5.69 Å². The number of anilines is 1. The standard InChI is InChI=1S/C17H16N4/c1-3-21(4-2)17-15(13-8-6-5-7-9-13)10-14(11-18)20-16(17)12-19/h5-10H,3-4H2,1-2H3. The summed E-state index contributed by atoms with van der Waals surface area (Å²) < 4.78 is 0. The highest BCUT2D eigenvalue weighted by molar-refractivity contribution is 5.82. The van der Waals surface area contributed by atoms with Crippen molar-refractivity contribution in [2.75, 3.05) is 18.0 Å². The maximum absolute atomic E-state index is 9.40. The summed E-state index contributed by atoms with van der Waals surface area (Å²) in [5, 5.41) is 18.5. The minimum absolute atomic E-state index is 0.265. The highest BCUT2D eigenvalue weighted by Crippen LogP contribution is 2.33. The minimum atomic E-state index is 0.265. The fraction of sp³-hybridized carbons (Fsp3) is 0.235. The molecule has 0 spiro atoms. The van der Waals surface area contributed by atoms with E-state index in [1.807, 2.05) is 50.2 Å². The third-order valence-electron chi connectivity index (χ3n) is 3.38. The third kappa shape index (κ3) is 2.85. The number of hydrogen-bond acceptors (Lipinski definition) is 4. The zero-order chi connectivity index (χ0) is 15.2. The zero-order valence-corrected chi connectivity index (χ0v) is 12.2. The van der Waals surface area contributed by atoms with E-state index in [4.69, 9.17) is 5.26 Å². The van der Waals surface area contributed by atoms with Gasteiger partial charge < -0.3 is 4.90 Å². The molecule has 0 radical (unpaired) electrons. The van der Waals surface area contributed by atoms with Gasteiger partial charge in [-0.2, -0.15) is 10.5 Å². The summed E-state index contributed by atoms with van der Waals surface area (Å²) in [5.41, 5.74) is 3.22. The van der Waals surface area contributed by atoms with Crippen molar-refractivity contribution in [2.45, 2.75) is 13.8 Å². The normalized spacial score (nSPS) is 9.71. The van der Waals surface area contributed by atoms with Crippen molar-refractivity contribution in [1.82, 2.24) is 4.98 Å². The molecule has 0 amide bonds. The second kappa shape index (κ2) is 6.54. The highest BCUT2D eigenvalue weighted by Gasteiger charge is 2.18. The summed E-state index contributed by atoms with van der Waals surface area (Å²) in [5.74, 6) is 0. The van der Waals surface area contributed by atoms with Gasteiger partial charge in [0.2, 0.25) is 0 Å². The molecular formula is C17H16N4. The molecule has 4 nitrogen and oxygen atoms in total. The first-order valence-electron chi connectivity index (χ1n) is 6.90. The number of aromatic nitrogens is 1. The molecule has 104 valence electrons. The Labute approximate surface area is 124 Å². The number of nitriles is 2. The molecule has 0 saturated carbocycles. The van der Waals surface area contributed by atoms with Gasteiger partial charge >= 0.3 is 0 Å². The Morgan fingerprint density at radius 1 is 1.05 bits per heavy atom. The number of benzene rings is 1. The number of hydrogen-bond donors (Lipinski definition) is 0. The number of rotatable bonds is 4. The lowest BCUT2D eigenvalue weighted by atomic mass is 10.0. The molecule has 2 aromatic rings. The molecule has 0 aliphatic rings. The van der Waals surface area contributed by atoms with Gasteiger partial charge in [-0.05, 0) is 25.5 Å². The first kappa shape index (κ1) is 14.6. The van der Waals surface area contributed by atoms with E-state index in [1.54, 1.807) is 6.07 Å². The average Bonchev–Trinajstić information content (AvgIpc) is 2.56. The van der Waals surface area contributed by atoms with Gasteiger partial charge in [0.25, 0.3) is 0 Å². The van der Waals surface area contributed by atoms with Crippen LogP contribution in [0.4, 0.5) is 5.69 Å². The molecule has 1 aromatic carbocycles. The molecule has 0 unspecified atom stereocenters. The van der Waals surface area contributed by atoms with Crippen molar-refractivity contribution >= 4 is 5.69 Å². The van der Waals surface area contributed by atoms with E-state index in [9.17, 15) is 5.26 Å². The van der Waals surface area contributed by atoms with Crippen LogP contribution in [0, 0.1) is 22.7 Å². The SMILES string of the molecule is CCN(CC)c1c(-c2ccccc2)cc(C#N)nc1C#N. The van der Waals surface area contributed by atoms with Crippen LogP contribution in [-0.2, 0) is 0 Å². The van der Waals surface area contributed by atoms with E-state index in [-0.39, 0.29) is 5.69 Å². The Hall–Kier alpha value is -2.85. The number of nitrogens with zero attached hydrogens (tertiary/aromatic N) is 4. The Morgan fingerprint density at radius 3 is 2.24 bits per heavy atom. The van der Waals surface area contributed by atoms with Crippen molar-refractivity contribution in [3.8, 4) is 23.3 Å². The van der Waals surface area contributed by atoms with Crippen molar-refractivity contribution in [2.24, 2.45) is 0 Å². The molecule has 0 N–H and O–H groups in total. The van der Waals surface area contributed by atoms with Crippen LogP contribution in [0.3, 0.4) is 0 Å². The van der Waals surface area contributed by atoms with Crippen LogP contribution in [0.25, 0.3) is 11.1 Å². The van der Waals surface area contributed by atoms with E-state index in [1.165, 1.54) is 0 Å². The van der Waals surface area contributed by atoms with E-state index in [2.05, 4.69) is 16.0 Å². The van der Waals surface area contributed by atoms with Crippen LogP contribution in [0.5, 0.6) is 0 Å². The summed E-state index contributed by atoms with van der Waals surface area (Å²) in [6.07, 6.45) is 0. The smallest absolute Gasteiger partial charge is 0.165 e. The topological polar surface area (TPSA) is 63.7 Å². The van der Waals surface area contributed by atoms with Crippen LogP contribution in [0.2, 0.25) is 0 Å². The van der Waals surface area contributed by atoms with E-state index in [0.29, 0.717) is 5.69 Å². The van der Waals surface area contributed by atoms with E-state index in [0.717, 1.165) is 29.9 Å². The Balaban J connectivity index is 2.77. The van der Waals surface area contributed by atoms with Crippen LogP contribution < -0.4 is 4.90 Å². The van der Waals surface area contributed by atoms with Crippen molar-refractivity contribution in [1.29, 1.82) is 10.5 Å². The largest absolute Gasteiger partial charge is 0.369 e. The predicted octanol–water partition coefficient (Wildman–Crippen LogP) is 3.34. The quantitative estimate of drug-likeness (QED) is 0.859. The van der Waals surface area contributed by atoms with Crippen molar-refractivity contribution in [3.05, 3.63) is 47.8 Å². The molecule has 1 heterocycles. The molecule has 1 aromatic heterocycles. The number of pyridine rings is 1. The lowest BCUT2D eigenvalue weighted by Gasteiger charge is -2.25. The lowest BCUT2D eigenvalue weighted by molar-refractivity contribution is 0.860. The monoisotopic (exact) mass is 276 g/mol. The molecule has 0 atom stereocenters. The summed E-state index contributed by atoms with van der Waals surface area (Å²) >= 11 is 0. The summed E-state index contributed by atoms with van der Waals surface area (Å²) in [7, 11) is 0. The highest BCUT2D eigenvalue weighted by atomic mass is 15.1. The molecule has 0 fully saturated rings. The van der Waals surface area contributed by atoms with Gasteiger partial charge in [-0.25, -0.2) is 4.98 Å². The average molecular weight is 276 g/mol. The molecule has 0 saturated heterocycles. The van der Waals surface area contributed by atoms with Gasteiger partial charge in [0.15, 0.2) is 5.69 Å². The summed E-state index contributed by atoms with van der Waals surface area (Å²) in [6, 6.07) is 15.7. The van der Waals surface area contributed by atoms with Gasteiger partial charge in [0.1, 0.15) is 17.8 Å². The Kier molecular flexibility index (Phi) is 4.53. The molecule has 2 rings (SSSR count). The van der Waals surface area contributed by atoms with E-state index >= 15 is 0 Å². The second-order valence-corrected chi connectivity index (χ2v) is 4.51. The molecule has 0 aliphatic carbocycles. The molecule has 21 heavy (non-hydrogen) atoms. The molecule has 0 aliphatic heterocycles. The predicted molar refractivity (Wildman–Crippen MR) is 82.7 cm³/mol. The lowest BCUT2D eigenvalue weighted by Crippen LogP contribution is -2.24. The first-order valence-corrected chi connectivity index (χ1v) is 6.90. The first-order chi connectivity index (χ1) is 10.2. The fourth-order valence-electron chi connectivity index (χ4n) is 2.37. The Bertz CT molecular complexity index is 704. The van der Waals surface area contributed by atoms with Crippen LogP contribution in [-0.4, -0.2) is 18.1 Å².